The maximum Gasteiger partial charge on any atom is 0.243 e. The highest BCUT2D eigenvalue weighted by Gasteiger charge is 2.08. The van der Waals surface area contributed by atoms with E-state index in [2.05, 4.69) is 25.7 Å². The van der Waals surface area contributed by atoms with Gasteiger partial charge < -0.3 is 10.6 Å². The first-order valence-electron chi connectivity index (χ1n) is 9.31. The summed E-state index contributed by atoms with van der Waals surface area (Å²) >= 11 is 12.1. The predicted molar refractivity (Wildman–Crippen MR) is 116 cm³/mol. The van der Waals surface area contributed by atoms with Crippen LogP contribution in [0, 0.1) is 0 Å². The molecule has 3 rings (SSSR count). The van der Waals surface area contributed by atoms with Gasteiger partial charge in [0.1, 0.15) is 5.02 Å². The highest BCUT2D eigenvalue weighted by Crippen LogP contribution is 2.25. The van der Waals surface area contributed by atoms with Crippen molar-refractivity contribution in [3.8, 4) is 0 Å². The molecule has 0 atom stereocenters. The molecule has 0 aliphatic rings. The Morgan fingerprint density at radius 2 is 1.83 bits per heavy atom. The van der Waals surface area contributed by atoms with Crippen molar-refractivity contribution in [2.75, 3.05) is 10.6 Å². The summed E-state index contributed by atoms with van der Waals surface area (Å²) in [6.45, 7) is 0.716. The van der Waals surface area contributed by atoms with Crippen LogP contribution in [0.5, 0.6) is 0 Å². The second-order valence-electron chi connectivity index (χ2n) is 6.48. The fraction of sp³-hybridized carbons (Fsp3) is 0.263. The van der Waals surface area contributed by atoms with Crippen molar-refractivity contribution in [1.82, 2.24) is 25.2 Å². The molecule has 0 saturated carbocycles. The normalized spacial score (nSPS) is 10.6. The van der Waals surface area contributed by atoms with E-state index in [1.165, 1.54) is 6.20 Å². The van der Waals surface area contributed by atoms with E-state index >= 15 is 0 Å². The van der Waals surface area contributed by atoms with Gasteiger partial charge in [0.25, 0.3) is 0 Å². The van der Waals surface area contributed by atoms with Crippen LogP contribution in [0.1, 0.15) is 25.7 Å². The molecule has 4 N–H and O–H groups in total. The van der Waals surface area contributed by atoms with Crippen molar-refractivity contribution in [2.24, 2.45) is 0 Å². The Labute approximate surface area is 183 Å². The summed E-state index contributed by atoms with van der Waals surface area (Å²) in [5.74, 6) is 0.481. The minimum Gasteiger partial charge on any atom is -0.339 e. The third-order valence-electron chi connectivity index (χ3n) is 4.16. The SMILES string of the molecule is O=C(CCCCCn1cc(Nc2ncc(Cl)c(Nc3ccc(Cl)cc3)n2)cn1)NO. The van der Waals surface area contributed by atoms with Crippen LogP contribution in [0.4, 0.5) is 23.1 Å². The smallest absolute Gasteiger partial charge is 0.243 e. The summed E-state index contributed by atoms with van der Waals surface area (Å²) in [7, 11) is 0. The number of hydrogen-bond acceptors (Lipinski definition) is 7. The molecule has 0 aliphatic carbocycles. The van der Waals surface area contributed by atoms with E-state index in [0.29, 0.717) is 41.2 Å². The molecule has 30 heavy (non-hydrogen) atoms. The number of aromatic nitrogens is 4. The van der Waals surface area contributed by atoms with Crippen LogP contribution in [-0.2, 0) is 11.3 Å². The molecule has 11 heteroatoms. The summed E-state index contributed by atoms with van der Waals surface area (Å²) in [5, 5.41) is 20.0. The van der Waals surface area contributed by atoms with Gasteiger partial charge in [0.2, 0.25) is 11.9 Å². The van der Waals surface area contributed by atoms with E-state index in [1.54, 1.807) is 28.5 Å². The van der Waals surface area contributed by atoms with Gasteiger partial charge in [-0.15, -0.1) is 0 Å². The highest BCUT2D eigenvalue weighted by molar-refractivity contribution is 6.33. The van der Waals surface area contributed by atoms with Crippen molar-refractivity contribution in [1.29, 1.82) is 0 Å². The van der Waals surface area contributed by atoms with E-state index in [9.17, 15) is 4.79 Å². The third kappa shape index (κ3) is 6.58. The van der Waals surface area contributed by atoms with Gasteiger partial charge in [-0.25, -0.2) is 10.5 Å². The summed E-state index contributed by atoms with van der Waals surface area (Å²) in [5.41, 5.74) is 3.17. The maximum atomic E-state index is 11.0. The van der Waals surface area contributed by atoms with Crippen LogP contribution in [-0.4, -0.2) is 30.9 Å². The van der Waals surface area contributed by atoms with Crippen LogP contribution >= 0.6 is 23.2 Å². The molecule has 0 fully saturated rings. The first-order valence-corrected chi connectivity index (χ1v) is 10.1. The summed E-state index contributed by atoms with van der Waals surface area (Å²) in [4.78, 5) is 19.6. The first kappa shape index (κ1) is 21.8. The molecule has 158 valence electrons. The number of benzene rings is 1. The number of amides is 1. The number of hydrogen-bond donors (Lipinski definition) is 4. The Bertz CT molecular complexity index is 979. The number of halogens is 2. The van der Waals surface area contributed by atoms with Gasteiger partial charge in [-0.05, 0) is 37.1 Å². The topological polar surface area (TPSA) is 117 Å². The second kappa shape index (κ2) is 10.8. The second-order valence-corrected chi connectivity index (χ2v) is 7.33. The number of nitrogens with zero attached hydrogens (tertiary/aromatic N) is 4. The lowest BCUT2D eigenvalue weighted by molar-refractivity contribution is -0.129. The minimum absolute atomic E-state index is 0.308. The van der Waals surface area contributed by atoms with Gasteiger partial charge in [-0.1, -0.05) is 29.6 Å². The van der Waals surface area contributed by atoms with Crippen LogP contribution in [0.25, 0.3) is 0 Å². The maximum absolute atomic E-state index is 11.0. The number of rotatable bonds is 10. The average Bonchev–Trinajstić information content (AvgIpc) is 3.18. The van der Waals surface area contributed by atoms with E-state index in [0.717, 1.165) is 24.2 Å². The van der Waals surface area contributed by atoms with Gasteiger partial charge in [0.05, 0.1) is 18.1 Å². The minimum atomic E-state index is -0.367. The van der Waals surface area contributed by atoms with E-state index in [1.807, 2.05) is 18.3 Å². The molecule has 2 heterocycles. The summed E-state index contributed by atoms with van der Waals surface area (Å²) in [6, 6.07) is 7.20. The van der Waals surface area contributed by atoms with E-state index in [-0.39, 0.29) is 5.91 Å². The zero-order valence-electron chi connectivity index (χ0n) is 16.0. The van der Waals surface area contributed by atoms with Gasteiger partial charge in [0.15, 0.2) is 5.82 Å². The van der Waals surface area contributed by atoms with Crippen molar-refractivity contribution in [2.45, 2.75) is 32.2 Å². The number of carbonyl (C=O) groups is 1. The number of carbonyl (C=O) groups excluding carboxylic acids is 1. The van der Waals surface area contributed by atoms with Crippen LogP contribution in [0.15, 0.2) is 42.9 Å². The first-order chi connectivity index (χ1) is 14.5. The zero-order valence-corrected chi connectivity index (χ0v) is 17.5. The molecule has 0 unspecified atom stereocenters. The molecule has 0 radical (unpaired) electrons. The molecule has 0 aliphatic heterocycles. The van der Waals surface area contributed by atoms with Gasteiger partial charge in [-0.2, -0.15) is 10.1 Å². The average molecular weight is 450 g/mol. The molecule has 0 saturated heterocycles. The Balaban J connectivity index is 1.54. The fourth-order valence-electron chi connectivity index (χ4n) is 2.66. The lowest BCUT2D eigenvalue weighted by Gasteiger charge is -2.09. The quantitative estimate of drug-likeness (QED) is 0.204. The fourth-order valence-corrected chi connectivity index (χ4v) is 2.92. The van der Waals surface area contributed by atoms with Crippen LogP contribution < -0.4 is 16.1 Å². The Kier molecular flexibility index (Phi) is 7.83. The highest BCUT2D eigenvalue weighted by atomic mass is 35.5. The molecular weight excluding hydrogens is 429 g/mol. The third-order valence-corrected chi connectivity index (χ3v) is 4.68. The summed E-state index contributed by atoms with van der Waals surface area (Å²) in [6.07, 6.45) is 7.79. The van der Waals surface area contributed by atoms with Gasteiger partial charge in [0, 0.05) is 29.9 Å². The lowest BCUT2D eigenvalue weighted by Crippen LogP contribution is -2.17. The van der Waals surface area contributed by atoms with E-state index in [4.69, 9.17) is 28.4 Å². The molecule has 2 aromatic heterocycles. The van der Waals surface area contributed by atoms with Gasteiger partial charge >= 0.3 is 0 Å². The number of hydroxylamine groups is 1. The van der Waals surface area contributed by atoms with Crippen LogP contribution in [0.2, 0.25) is 10.0 Å². The molecule has 1 amide bonds. The molecule has 3 aromatic rings. The Morgan fingerprint density at radius 1 is 1.03 bits per heavy atom. The Hall–Kier alpha value is -2.88. The van der Waals surface area contributed by atoms with Gasteiger partial charge in [-0.3, -0.25) is 14.7 Å². The molecule has 0 spiro atoms. The van der Waals surface area contributed by atoms with Crippen molar-refractivity contribution < 1.29 is 10.0 Å². The molecule has 0 bridgehead atoms. The molecule has 9 nitrogen and oxygen atoms in total. The monoisotopic (exact) mass is 449 g/mol. The molecule has 1 aromatic carbocycles. The summed E-state index contributed by atoms with van der Waals surface area (Å²) < 4.78 is 1.80. The van der Waals surface area contributed by atoms with Crippen molar-refractivity contribution >= 4 is 52.3 Å². The van der Waals surface area contributed by atoms with E-state index < -0.39 is 0 Å². The number of aryl methyl sites for hydroxylation is 1. The lowest BCUT2D eigenvalue weighted by atomic mass is 10.2. The van der Waals surface area contributed by atoms with Crippen molar-refractivity contribution in [3.63, 3.8) is 0 Å². The van der Waals surface area contributed by atoms with Crippen LogP contribution in [0.3, 0.4) is 0 Å². The van der Waals surface area contributed by atoms with Crippen molar-refractivity contribution in [3.05, 3.63) is 52.9 Å². The Morgan fingerprint density at radius 3 is 2.60 bits per heavy atom. The molecular formula is C19H21Cl2N7O2. The number of nitrogens with one attached hydrogen (secondary N) is 3. The predicted octanol–water partition coefficient (Wildman–Crippen LogP) is 4.53. The zero-order chi connectivity index (χ0) is 21.3. The number of anilines is 4. The standard InChI is InChI=1S/C19H21Cl2N7O2/c20-13-5-7-14(8-6-13)24-18-16(21)11-22-19(26-18)25-15-10-23-28(12-15)9-3-1-2-4-17(29)27-30/h5-8,10-12,30H,1-4,9H2,(H,27,29)(H2,22,24,25,26). The largest absolute Gasteiger partial charge is 0.339 e. The number of unbranched alkanes of at least 4 members (excludes halogenated alkanes) is 2.